The molecule has 2 rings (SSSR count). The lowest BCUT2D eigenvalue weighted by Gasteiger charge is -2.04. The maximum atomic E-state index is 12.2. The van der Waals surface area contributed by atoms with Gasteiger partial charge in [-0.1, -0.05) is 74.4 Å². The second kappa shape index (κ2) is 7.64. The third-order valence-corrected chi connectivity index (χ3v) is 3.55. The topological polar surface area (TPSA) is 17.1 Å². The molecule has 1 nitrogen and oxygen atoms in total. The first kappa shape index (κ1) is 14.5. The minimum atomic E-state index is 0.191. The Hall–Kier alpha value is -1.89. The van der Waals surface area contributed by atoms with Crippen LogP contribution in [0.3, 0.4) is 0 Å². The van der Waals surface area contributed by atoms with Gasteiger partial charge < -0.3 is 0 Å². The van der Waals surface area contributed by atoms with Crippen LogP contribution < -0.4 is 0 Å². The predicted octanol–water partition coefficient (Wildman–Crippen LogP) is 4.84. The molecule has 0 fully saturated rings. The first-order chi connectivity index (χ1) is 9.79. The van der Waals surface area contributed by atoms with Crippen molar-refractivity contribution in [2.45, 2.75) is 39.0 Å². The van der Waals surface area contributed by atoms with Crippen molar-refractivity contribution < 1.29 is 4.79 Å². The van der Waals surface area contributed by atoms with Crippen molar-refractivity contribution in [3.63, 3.8) is 0 Å². The summed E-state index contributed by atoms with van der Waals surface area (Å²) in [5.74, 6) is 0.191. The van der Waals surface area contributed by atoms with Crippen LogP contribution in [0.2, 0.25) is 0 Å². The number of aryl methyl sites for hydroxylation is 1. The molecule has 104 valence electrons. The van der Waals surface area contributed by atoms with Crippen LogP contribution >= 0.6 is 0 Å². The lowest BCUT2D eigenvalue weighted by molar-refractivity contribution is 0.0993. The Balaban J connectivity index is 1.94. The highest BCUT2D eigenvalue weighted by Gasteiger charge is 2.06. The molecule has 20 heavy (non-hydrogen) atoms. The van der Waals surface area contributed by atoms with Gasteiger partial charge in [0.15, 0.2) is 5.78 Å². The van der Waals surface area contributed by atoms with Crippen molar-refractivity contribution in [1.82, 2.24) is 0 Å². The Labute approximate surface area is 121 Å². The van der Waals surface area contributed by atoms with Gasteiger partial charge in [-0.2, -0.15) is 0 Å². The third-order valence-electron chi connectivity index (χ3n) is 3.55. The quantitative estimate of drug-likeness (QED) is 0.517. The monoisotopic (exact) mass is 266 g/mol. The summed E-state index contributed by atoms with van der Waals surface area (Å²) in [6, 6.07) is 18.0. The summed E-state index contributed by atoms with van der Waals surface area (Å²) in [6.45, 7) is 2.21. The van der Waals surface area contributed by atoms with Crippen LogP contribution in [0, 0.1) is 0 Å². The normalized spacial score (nSPS) is 10.4. The van der Waals surface area contributed by atoms with Crippen LogP contribution in [0.25, 0.3) is 0 Å². The molecular weight excluding hydrogens is 244 g/mol. The van der Waals surface area contributed by atoms with Crippen molar-refractivity contribution in [3.05, 3.63) is 71.3 Å². The maximum absolute atomic E-state index is 12.2. The van der Waals surface area contributed by atoms with E-state index in [1.807, 2.05) is 42.5 Å². The maximum Gasteiger partial charge on any atom is 0.167 e. The summed E-state index contributed by atoms with van der Waals surface area (Å²) < 4.78 is 0. The molecule has 0 unspecified atom stereocenters. The Morgan fingerprint density at radius 3 is 2.20 bits per heavy atom. The SMILES string of the molecule is CCCCCc1ccc(C(=O)Cc2ccccc2)cc1. The highest BCUT2D eigenvalue weighted by atomic mass is 16.1. The second-order valence-electron chi connectivity index (χ2n) is 5.24. The predicted molar refractivity (Wildman–Crippen MR) is 84.1 cm³/mol. The summed E-state index contributed by atoms with van der Waals surface area (Å²) in [6.07, 6.45) is 5.34. The molecule has 0 aliphatic heterocycles. The van der Waals surface area contributed by atoms with Crippen LogP contribution in [0.5, 0.6) is 0 Å². The summed E-state index contributed by atoms with van der Waals surface area (Å²) in [5, 5.41) is 0. The van der Waals surface area contributed by atoms with E-state index in [1.54, 1.807) is 0 Å². The molecular formula is C19H22O. The molecule has 0 amide bonds. The van der Waals surface area contributed by atoms with Gasteiger partial charge in [0.25, 0.3) is 0 Å². The molecule has 0 saturated heterocycles. The number of rotatable bonds is 7. The minimum Gasteiger partial charge on any atom is -0.294 e. The van der Waals surface area contributed by atoms with Gasteiger partial charge in [-0.25, -0.2) is 0 Å². The summed E-state index contributed by atoms with van der Waals surface area (Å²) in [7, 11) is 0. The van der Waals surface area contributed by atoms with Crippen LogP contribution in [-0.4, -0.2) is 5.78 Å². The zero-order chi connectivity index (χ0) is 14.2. The molecule has 0 atom stereocenters. The molecule has 2 aromatic rings. The third kappa shape index (κ3) is 4.34. The minimum absolute atomic E-state index is 0.191. The smallest absolute Gasteiger partial charge is 0.167 e. The van der Waals surface area contributed by atoms with Crippen LogP contribution in [0.1, 0.15) is 47.7 Å². The number of hydrogen-bond donors (Lipinski definition) is 0. The van der Waals surface area contributed by atoms with Crippen molar-refractivity contribution in [2.24, 2.45) is 0 Å². The van der Waals surface area contributed by atoms with E-state index in [-0.39, 0.29) is 5.78 Å². The van der Waals surface area contributed by atoms with Crippen LogP contribution in [0.15, 0.2) is 54.6 Å². The van der Waals surface area contributed by atoms with Crippen LogP contribution in [-0.2, 0) is 12.8 Å². The molecule has 0 spiro atoms. The fourth-order valence-electron chi connectivity index (χ4n) is 2.32. The number of benzene rings is 2. The van der Waals surface area contributed by atoms with Crippen molar-refractivity contribution in [2.75, 3.05) is 0 Å². The average molecular weight is 266 g/mol. The first-order valence-electron chi connectivity index (χ1n) is 7.45. The number of Topliss-reactive ketones (excluding diaryl/α,β-unsaturated/α-hetero) is 1. The van der Waals surface area contributed by atoms with E-state index in [1.165, 1.54) is 24.8 Å². The number of unbranched alkanes of at least 4 members (excludes halogenated alkanes) is 2. The standard InChI is InChI=1S/C19H22O/c1-2-3-5-8-16-11-13-18(14-12-16)19(20)15-17-9-6-4-7-10-17/h4,6-7,9-14H,2-3,5,8,15H2,1H3. The molecule has 0 saturated carbocycles. The van der Waals surface area contributed by atoms with E-state index in [0.717, 1.165) is 17.5 Å². The summed E-state index contributed by atoms with van der Waals surface area (Å²) in [5.41, 5.74) is 3.22. The number of ketones is 1. The van der Waals surface area contributed by atoms with E-state index in [9.17, 15) is 4.79 Å². The number of hydrogen-bond acceptors (Lipinski definition) is 1. The largest absolute Gasteiger partial charge is 0.294 e. The Bertz CT molecular complexity index is 525. The van der Waals surface area contributed by atoms with Gasteiger partial charge in [-0.3, -0.25) is 4.79 Å². The lowest BCUT2D eigenvalue weighted by atomic mass is 10.0. The molecule has 0 aliphatic carbocycles. The molecule has 0 bridgehead atoms. The zero-order valence-corrected chi connectivity index (χ0v) is 12.1. The number of carbonyl (C=O) groups excluding carboxylic acids is 1. The van der Waals surface area contributed by atoms with Crippen molar-refractivity contribution >= 4 is 5.78 Å². The lowest BCUT2D eigenvalue weighted by Crippen LogP contribution is -2.03. The van der Waals surface area contributed by atoms with Crippen LogP contribution in [0.4, 0.5) is 0 Å². The van der Waals surface area contributed by atoms with Gasteiger partial charge in [0.2, 0.25) is 0 Å². The van der Waals surface area contributed by atoms with Gasteiger partial charge in [0, 0.05) is 12.0 Å². The van der Waals surface area contributed by atoms with E-state index < -0.39 is 0 Å². The van der Waals surface area contributed by atoms with Gasteiger partial charge in [-0.15, -0.1) is 0 Å². The van der Waals surface area contributed by atoms with Gasteiger partial charge in [0.05, 0.1) is 0 Å². The van der Waals surface area contributed by atoms with Gasteiger partial charge in [0.1, 0.15) is 0 Å². The van der Waals surface area contributed by atoms with Crippen molar-refractivity contribution in [1.29, 1.82) is 0 Å². The first-order valence-corrected chi connectivity index (χ1v) is 7.45. The molecule has 0 radical (unpaired) electrons. The molecule has 2 aromatic carbocycles. The molecule has 0 N–H and O–H groups in total. The fourth-order valence-corrected chi connectivity index (χ4v) is 2.32. The van der Waals surface area contributed by atoms with E-state index in [4.69, 9.17) is 0 Å². The average Bonchev–Trinajstić information content (AvgIpc) is 2.49. The molecule has 0 aliphatic rings. The molecule has 1 heteroatoms. The number of carbonyl (C=O) groups is 1. The van der Waals surface area contributed by atoms with E-state index >= 15 is 0 Å². The molecule has 0 aromatic heterocycles. The highest BCUT2D eigenvalue weighted by molar-refractivity contribution is 5.97. The zero-order valence-electron chi connectivity index (χ0n) is 12.1. The Morgan fingerprint density at radius 2 is 1.55 bits per heavy atom. The Morgan fingerprint density at radius 1 is 0.850 bits per heavy atom. The fraction of sp³-hybridized carbons (Fsp3) is 0.316. The highest BCUT2D eigenvalue weighted by Crippen LogP contribution is 2.11. The van der Waals surface area contributed by atoms with E-state index in [2.05, 4.69) is 19.1 Å². The van der Waals surface area contributed by atoms with E-state index in [0.29, 0.717) is 6.42 Å². The van der Waals surface area contributed by atoms with Crippen molar-refractivity contribution in [3.8, 4) is 0 Å². The Kier molecular flexibility index (Phi) is 5.55. The van der Waals surface area contributed by atoms with Gasteiger partial charge >= 0.3 is 0 Å². The second-order valence-corrected chi connectivity index (χ2v) is 5.24. The van der Waals surface area contributed by atoms with Gasteiger partial charge in [-0.05, 0) is 24.0 Å². The summed E-state index contributed by atoms with van der Waals surface area (Å²) in [4.78, 5) is 12.2. The molecule has 0 heterocycles. The summed E-state index contributed by atoms with van der Waals surface area (Å²) >= 11 is 0.